The topological polar surface area (TPSA) is 47.6 Å². The zero-order valence-corrected chi connectivity index (χ0v) is 21.3. The van der Waals surface area contributed by atoms with Crippen LogP contribution in [0.15, 0.2) is 30.3 Å². The van der Waals surface area contributed by atoms with E-state index in [-0.39, 0.29) is 12.2 Å². The molecular formula is C26H44NO3P. The second kappa shape index (κ2) is 10.9. The molecule has 0 bridgehead atoms. The number of hydrogen-bond donors (Lipinski definition) is 1. The number of rotatable bonds is 8. The Bertz CT molecular complexity index is 685. The van der Waals surface area contributed by atoms with Gasteiger partial charge in [-0.3, -0.25) is 14.1 Å². The fourth-order valence-electron chi connectivity index (χ4n) is 5.58. The van der Waals surface area contributed by atoms with Crippen LogP contribution in [0.2, 0.25) is 0 Å². The molecule has 3 rings (SSSR count). The van der Waals surface area contributed by atoms with Gasteiger partial charge in [0.05, 0.1) is 12.2 Å². The van der Waals surface area contributed by atoms with E-state index in [4.69, 9.17) is 9.05 Å². The summed E-state index contributed by atoms with van der Waals surface area (Å²) in [6, 6.07) is 9.74. The van der Waals surface area contributed by atoms with Gasteiger partial charge in [0.25, 0.3) is 0 Å². The fraction of sp³-hybridized carbons (Fsp3) is 0.769. The molecule has 4 nitrogen and oxygen atoms in total. The predicted octanol–water partition coefficient (Wildman–Crippen LogP) is 8.16. The third-order valence-electron chi connectivity index (χ3n) is 7.51. The summed E-state index contributed by atoms with van der Waals surface area (Å²) in [5.41, 5.74) is 0.792. The van der Waals surface area contributed by atoms with Gasteiger partial charge in [-0.2, -0.15) is 0 Å². The molecule has 0 saturated heterocycles. The van der Waals surface area contributed by atoms with E-state index in [1.165, 1.54) is 12.8 Å². The summed E-state index contributed by atoms with van der Waals surface area (Å²) in [7, 11) is -3.54. The van der Waals surface area contributed by atoms with E-state index in [0.29, 0.717) is 35.5 Å². The van der Waals surface area contributed by atoms with Crippen LogP contribution in [0.25, 0.3) is 0 Å². The molecule has 7 atom stereocenters. The van der Waals surface area contributed by atoms with Crippen molar-refractivity contribution < 1.29 is 13.6 Å². The molecule has 31 heavy (non-hydrogen) atoms. The Morgan fingerprint density at radius 3 is 1.68 bits per heavy atom. The van der Waals surface area contributed by atoms with Crippen LogP contribution in [0.3, 0.4) is 0 Å². The van der Waals surface area contributed by atoms with Crippen LogP contribution < -0.4 is 5.09 Å². The smallest absolute Gasteiger partial charge is 0.293 e. The maximum Gasteiger partial charge on any atom is 0.433 e. The molecule has 0 amide bonds. The summed E-state index contributed by atoms with van der Waals surface area (Å²) in [5, 5.41) is 3.21. The highest BCUT2D eigenvalue weighted by Crippen LogP contribution is 2.56. The molecule has 1 N–H and O–H groups in total. The van der Waals surface area contributed by atoms with E-state index < -0.39 is 7.75 Å². The van der Waals surface area contributed by atoms with Gasteiger partial charge in [-0.25, -0.2) is 4.57 Å². The Kier molecular flexibility index (Phi) is 8.69. The maximum atomic E-state index is 14.3. The van der Waals surface area contributed by atoms with E-state index in [2.05, 4.69) is 46.6 Å². The van der Waals surface area contributed by atoms with Gasteiger partial charge in [-0.1, -0.05) is 72.6 Å². The van der Waals surface area contributed by atoms with Crippen LogP contribution in [0.4, 0.5) is 5.69 Å². The molecule has 1 aromatic carbocycles. The van der Waals surface area contributed by atoms with Crippen molar-refractivity contribution in [1.29, 1.82) is 0 Å². The van der Waals surface area contributed by atoms with Gasteiger partial charge in [-0.05, 0) is 73.3 Å². The lowest BCUT2D eigenvalue weighted by molar-refractivity contribution is -0.00187. The van der Waals surface area contributed by atoms with Crippen LogP contribution in [0, 0.1) is 35.5 Å². The van der Waals surface area contributed by atoms with Gasteiger partial charge >= 0.3 is 7.75 Å². The summed E-state index contributed by atoms with van der Waals surface area (Å²) < 4.78 is 27.3. The largest absolute Gasteiger partial charge is 0.433 e. The van der Waals surface area contributed by atoms with Gasteiger partial charge < -0.3 is 0 Å². The second-order valence-corrected chi connectivity index (χ2v) is 12.6. The SMILES string of the molecule is CC(C)[C@H]1CC[C@@H](C)C[C@H]1OP(=O)(Nc1ccccc1)O[C@@H]1C[C@@H](C)CC[C@H]1C(C)C. The molecule has 5 heteroatoms. The Labute approximate surface area is 190 Å². The fourth-order valence-corrected chi connectivity index (χ4v) is 7.39. The first-order valence-corrected chi connectivity index (χ1v) is 14.0. The molecule has 2 aliphatic rings. The highest BCUT2D eigenvalue weighted by Gasteiger charge is 2.42. The molecule has 0 radical (unpaired) electrons. The quantitative estimate of drug-likeness (QED) is 0.407. The second-order valence-electron chi connectivity index (χ2n) is 10.9. The molecule has 2 fully saturated rings. The zero-order valence-electron chi connectivity index (χ0n) is 20.4. The number of hydrogen-bond acceptors (Lipinski definition) is 3. The molecule has 0 aliphatic heterocycles. The number of anilines is 1. The van der Waals surface area contributed by atoms with Crippen molar-refractivity contribution >= 4 is 13.4 Å². The number of para-hydroxylation sites is 1. The minimum atomic E-state index is -3.54. The first kappa shape index (κ1) is 24.8. The van der Waals surface area contributed by atoms with Crippen LogP contribution in [0.1, 0.15) is 80.1 Å². The lowest BCUT2D eigenvalue weighted by Gasteiger charge is -2.41. The van der Waals surface area contributed by atoms with Crippen LogP contribution in [0.5, 0.6) is 0 Å². The Balaban J connectivity index is 1.86. The number of nitrogens with one attached hydrogen (secondary N) is 1. The molecule has 176 valence electrons. The summed E-state index contributed by atoms with van der Waals surface area (Å²) >= 11 is 0. The zero-order chi connectivity index (χ0) is 22.6. The first-order valence-electron chi connectivity index (χ1n) is 12.5. The molecule has 1 unspecified atom stereocenters. The Morgan fingerprint density at radius 2 is 1.26 bits per heavy atom. The van der Waals surface area contributed by atoms with Crippen molar-refractivity contribution in [2.24, 2.45) is 35.5 Å². The van der Waals surface area contributed by atoms with E-state index in [9.17, 15) is 4.57 Å². The lowest BCUT2D eigenvalue weighted by Crippen LogP contribution is -2.37. The minimum Gasteiger partial charge on any atom is -0.293 e. The maximum absolute atomic E-state index is 14.3. The summed E-state index contributed by atoms with van der Waals surface area (Å²) in [5.74, 6) is 3.00. The summed E-state index contributed by atoms with van der Waals surface area (Å²) in [4.78, 5) is 0. The van der Waals surface area contributed by atoms with E-state index >= 15 is 0 Å². The Morgan fingerprint density at radius 1 is 0.806 bits per heavy atom. The minimum absolute atomic E-state index is 0.0377. The third kappa shape index (κ3) is 6.83. The molecule has 2 saturated carbocycles. The van der Waals surface area contributed by atoms with E-state index in [1.807, 2.05) is 30.3 Å². The van der Waals surface area contributed by atoms with Crippen LogP contribution >= 0.6 is 7.75 Å². The first-order chi connectivity index (χ1) is 14.7. The van der Waals surface area contributed by atoms with Gasteiger partial charge in [0, 0.05) is 5.69 Å². The summed E-state index contributed by atoms with van der Waals surface area (Å²) in [6.07, 6.45) is 6.51. The van der Waals surface area contributed by atoms with Crippen molar-refractivity contribution in [3.05, 3.63) is 30.3 Å². The van der Waals surface area contributed by atoms with Gasteiger partial charge in [0.2, 0.25) is 0 Å². The van der Waals surface area contributed by atoms with Crippen molar-refractivity contribution in [3.63, 3.8) is 0 Å². The molecule has 2 aliphatic carbocycles. The average Bonchev–Trinajstić information content (AvgIpc) is 2.68. The van der Waals surface area contributed by atoms with Crippen molar-refractivity contribution in [3.8, 4) is 0 Å². The van der Waals surface area contributed by atoms with Gasteiger partial charge in [-0.15, -0.1) is 0 Å². The molecule has 0 aromatic heterocycles. The highest BCUT2D eigenvalue weighted by molar-refractivity contribution is 7.55. The van der Waals surface area contributed by atoms with Crippen LogP contribution in [-0.4, -0.2) is 12.2 Å². The lowest BCUT2D eigenvalue weighted by atomic mass is 9.75. The number of benzene rings is 1. The third-order valence-corrected chi connectivity index (χ3v) is 9.14. The van der Waals surface area contributed by atoms with Gasteiger partial charge in [0.1, 0.15) is 0 Å². The van der Waals surface area contributed by atoms with Crippen LogP contribution in [-0.2, 0) is 13.6 Å². The molecule has 0 spiro atoms. The Hall–Kier alpha value is -0.830. The van der Waals surface area contributed by atoms with Gasteiger partial charge in [0.15, 0.2) is 0 Å². The van der Waals surface area contributed by atoms with Crippen molar-refractivity contribution in [1.82, 2.24) is 0 Å². The standard InChI is InChI=1S/C26H44NO3P/c1-18(2)23-14-12-20(5)16-25(23)29-31(28,27-22-10-8-7-9-11-22)30-26-17-21(6)13-15-24(26)19(3)4/h7-11,18-21,23-26H,12-17H2,1-6H3,(H,27,28)/t20-,21+,23-,24+,25-,26-,31?/m1/s1. The van der Waals surface area contributed by atoms with E-state index in [1.54, 1.807) is 0 Å². The summed E-state index contributed by atoms with van der Waals surface area (Å²) in [6.45, 7) is 13.6. The predicted molar refractivity (Wildman–Crippen MR) is 130 cm³/mol. The van der Waals surface area contributed by atoms with Crippen molar-refractivity contribution in [2.75, 3.05) is 5.09 Å². The van der Waals surface area contributed by atoms with E-state index in [0.717, 1.165) is 31.4 Å². The average molecular weight is 450 g/mol. The molecule has 1 aromatic rings. The monoisotopic (exact) mass is 449 g/mol. The molecular weight excluding hydrogens is 405 g/mol. The highest BCUT2D eigenvalue weighted by atomic mass is 31.2. The van der Waals surface area contributed by atoms with Crippen molar-refractivity contribution in [2.45, 2.75) is 92.3 Å². The molecule has 0 heterocycles. The normalized spacial score (nSPS) is 33.9.